The van der Waals surface area contributed by atoms with Crippen LogP contribution < -0.4 is 4.74 Å². The highest BCUT2D eigenvalue weighted by molar-refractivity contribution is 5.84. The van der Waals surface area contributed by atoms with E-state index < -0.39 is 42.5 Å². The van der Waals surface area contributed by atoms with E-state index in [-0.39, 0.29) is 28.8 Å². The van der Waals surface area contributed by atoms with Gasteiger partial charge in [-0.25, -0.2) is 4.98 Å². The summed E-state index contributed by atoms with van der Waals surface area (Å²) in [6.07, 6.45) is -11.6. The molecule has 0 amide bonds. The topological polar surface area (TPSA) is 42.4 Å². The third-order valence-electron chi connectivity index (χ3n) is 4.39. The Morgan fingerprint density at radius 1 is 1.04 bits per heavy atom. The molecule has 0 bridgehead atoms. The Balaban J connectivity index is 2.59. The van der Waals surface area contributed by atoms with E-state index in [0.29, 0.717) is 0 Å². The van der Waals surface area contributed by atoms with E-state index in [2.05, 4.69) is 4.98 Å². The molecule has 1 aromatic heterocycles. The summed E-state index contributed by atoms with van der Waals surface area (Å²) in [5, 5.41) is 10.3. The van der Waals surface area contributed by atoms with Crippen LogP contribution in [0, 0.1) is 0 Å². The first kappa shape index (κ1) is 22.3. The van der Waals surface area contributed by atoms with Crippen molar-refractivity contribution in [3.05, 3.63) is 35.4 Å². The van der Waals surface area contributed by atoms with Crippen LogP contribution in [-0.4, -0.2) is 22.4 Å². The van der Waals surface area contributed by atoms with Gasteiger partial charge < -0.3 is 9.84 Å². The molecule has 9 heteroatoms. The fraction of sp³-hybridized carbons (Fsp3) is 0.526. The Morgan fingerprint density at radius 2 is 1.68 bits per heavy atom. The molecule has 0 radical (unpaired) electrons. The van der Waals surface area contributed by atoms with Gasteiger partial charge in [0, 0.05) is 17.9 Å². The lowest BCUT2D eigenvalue weighted by Gasteiger charge is -2.28. The maximum Gasteiger partial charge on any atom is 0.417 e. The third kappa shape index (κ3) is 5.27. The molecule has 156 valence electrons. The molecule has 1 atom stereocenters. The highest BCUT2D eigenvalue weighted by Crippen LogP contribution is 2.40. The molecule has 0 saturated heterocycles. The molecule has 3 nitrogen and oxygen atoms in total. The van der Waals surface area contributed by atoms with E-state index in [9.17, 15) is 31.4 Å². The second kappa shape index (κ2) is 7.77. The minimum absolute atomic E-state index is 0.0171. The lowest BCUT2D eigenvalue weighted by Crippen LogP contribution is -2.27. The number of ether oxygens (including phenoxy) is 1. The van der Waals surface area contributed by atoms with Crippen molar-refractivity contribution in [1.82, 2.24) is 4.98 Å². The number of aromatic nitrogens is 1. The van der Waals surface area contributed by atoms with Crippen molar-refractivity contribution in [2.24, 2.45) is 0 Å². The summed E-state index contributed by atoms with van der Waals surface area (Å²) < 4.78 is 83.7. The first-order valence-electron chi connectivity index (χ1n) is 8.73. The van der Waals surface area contributed by atoms with Crippen molar-refractivity contribution in [2.75, 3.05) is 0 Å². The molecule has 2 rings (SSSR count). The normalized spacial score (nSPS) is 15.1. The number of hydrogen-bond donors (Lipinski definition) is 1. The Kier molecular flexibility index (Phi) is 6.18. The zero-order chi connectivity index (χ0) is 21.3. The van der Waals surface area contributed by atoms with Crippen LogP contribution in [0.2, 0.25) is 0 Å². The average Bonchev–Trinajstić information content (AvgIpc) is 2.56. The van der Waals surface area contributed by atoms with Crippen molar-refractivity contribution in [3.8, 4) is 5.88 Å². The number of pyridine rings is 1. The van der Waals surface area contributed by atoms with E-state index in [1.165, 1.54) is 19.1 Å². The molecule has 1 unspecified atom stereocenters. The number of hydrogen-bond acceptors (Lipinski definition) is 3. The van der Waals surface area contributed by atoms with Crippen LogP contribution in [0.15, 0.2) is 24.3 Å². The first-order valence-corrected chi connectivity index (χ1v) is 8.73. The average molecular weight is 409 g/mol. The number of benzene rings is 1. The number of nitrogens with zero attached hydrogens (tertiary/aromatic N) is 1. The minimum Gasteiger partial charge on any atom is -0.475 e. The van der Waals surface area contributed by atoms with Crippen molar-refractivity contribution < 1.29 is 36.2 Å². The van der Waals surface area contributed by atoms with Gasteiger partial charge in [-0.2, -0.15) is 26.3 Å². The molecule has 1 N–H and O–H groups in total. The lowest BCUT2D eigenvalue weighted by molar-refractivity contribution is -0.148. The van der Waals surface area contributed by atoms with E-state index in [0.717, 1.165) is 12.1 Å². The molecule has 0 fully saturated rings. The van der Waals surface area contributed by atoms with Gasteiger partial charge in [0.15, 0.2) is 0 Å². The maximum atomic E-state index is 13.6. The van der Waals surface area contributed by atoms with E-state index in [4.69, 9.17) is 4.74 Å². The van der Waals surface area contributed by atoms with E-state index in [1.807, 2.05) is 0 Å². The third-order valence-corrected chi connectivity index (χ3v) is 4.39. The Bertz CT molecular complexity index is 832. The summed E-state index contributed by atoms with van der Waals surface area (Å²) in [5.74, 6) is -0.203. The van der Waals surface area contributed by atoms with Crippen LogP contribution in [0.25, 0.3) is 10.9 Å². The SMILES string of the molecule is CCC(O)(CCC(F)(F)F)c1ccc2nc(OC(C)C)cc(C(F)(F)F)c2c1. The second-order valence-electron chi connectivity index (χ2n) is 6.90. The smallest absolute Gasteiger partial charge is 0.417 e. The molecule has 28 heavy (non-hydrogen) atoms. The van der Waals surface area contributed by atoms with Gasteiger partial charge in [0.05, 0.1) is 22.8 Å². The van der Waals surface area contributed by atoms with Gasteiger partial charge in [0.25, 0.3) is 0 Å². The molecule has 0 spiro atoms. The van der Waals surface area contributed by atoms with Crippen molar-refractivity contribution in [3.63, 3.8) is 0 Å². The summed E-state index contributed by atoms with van der Waals surface area (Å²) in [7, 11) is 0. The summed E-state index contributed by atoms with van der Waals surface area (Å²) in [4.78, 5) is 4.04. The first-order chi connectivity index (χ1) is 12.7. The standard InChI is InChI=1S/C19H21F6NO2/c1-4-17(27,7-8-18(20,21)22)12-5-6-15-13(9-12)14(19(23,24)25)10-16(26-15)28-11(2)3/h5-6,9-11,27H,4,7-8H2,1-3H3. The van der Waals surface area contributed by atoms with Gasteiger partial charge in [0.2, 0.25) is 5.88 Å². The molecule has 0 aliphatic carbocycles. The molecular weight excluding hydrogens is 388 g/mol. The van der Waals surface area contributed by atoms with Gasteiger partial charge in [-0.3, -0.25) is 0 Å². The Hall–Kier alpha value is -2.03. The fourth-order valence-electron chi connectivity index (χ4n) is 2.90. The molecule has 0 aliphatic heterocycles. The summed E-state index contributed by atoms with van der Waals surface area (Å²) in [6.45, 7) is 4.76. The van der Waals surface area contributed by atoms with Crippen molar-refractivity contribution >= 4 is 10.9 Å². The van der Waals surface area contributed by atoms with E-state index >= 15 is 0 Å². The summed E-state index contributed by atoms with van der Waals surface area (Å²) in [6, 6.07) is 4.37. The van der Waals surface area contributed by atoms with Crippen LogP contribution in [0.4, 0.5) is 26.3 Å². The molecule has 1 aromatic carbocycles. The zero-order valence-corrected chi connectivity index (χ0v) is 15.6. The van der Waals surface area contributed by atoms with Crippen LogP contribution in [-0.2, 0) is 11.8 Å². The number of fused-ring (bicyclic) bond motifs is 1. The highest BCUT2D eigenvalue weighted by Gasteiger charge is 2.37. The number of alkyl halides is 6. The molecule has 0 aliphatic rings. The zero-order valence-electron chi connectivity index (χ0n) is 15.6. The van der Waals surface area contributed by atoms with Gasteiger partial charge >= 0.3 is 12.4 Å². The summed E-state index contributed by atoms with van der Waals surface area (Å²) >= 11 is 0. The van der Waals surface area contributed by atoms with Crippen molar-refractivity contribution in [1.29, 1.82) is 0 Å². The second-order valence-corrected chi connectivity index (χ2v) is 6.90. The van der Waals surface area contributed by atoms with Crippen LogP contribution in [0.5, 0.6) is 5.88 Å². The monoisotopic (exact) mass is 409 g/mol. The van der Waals surface area contributed by atoms with Crippen LogP contribution in [0.3, 0.4) is 0 Å². The number of halogens is 6. The molecular formula is C19H21F6NO2. The van der Waals surface area contributed by atoms with Gasteiger partial charge in [0.1, 0.15) is 0 Å². The van der Waals surface area contributed by atoms with Gasteiger partial charge in [-0.1, -0.05) is 13.0 Å². The molecule has 1 heterocycles. The van der Waals surface area contributed by atoms with Gasteiger partial charge in [-0.15, -0.1) is 0 Å². The van der Waals surface area contributed by atoms with Gasteiger partial charge in [-0.05, 0) is 44.4 Å². The number of rotatable bonds is 6. The Morgan fingerprint density at radius 3 is 2.18 bits per heavy atom. The number of aliphatic hydroxyl groups is 1. The van der Waals surface area contributed by atoms with Crippen LogP contribution >= 0.6 is 0 Å². The van der Waals surface area contributed by atoms with Crippen LogP contribution in [0.1, 0.15) is 51.2 Å². The highest BCUT2D eigenvalue weighted by atomic mass is 19.4. The molecule has 2 aromatic rings. The largest absolute Gasteiger partial charge is 0.475 e. The minimum atomic E-state index is -4.73. The predicted molar refractivity (Wildman–Crippen MR) is 92.0 cm³/mol. The predicted octanol–water partition coefficient (Wildman–Crippen LogP) is 5.98. The Labute approximate surface area is 158 Å². The fourth-order valence-corrected chi connectivity index (χ4v) is 2.90. The van der Waals surface area contributed by atoms with Crippen molar-refractivity contribution in [2.45, 2.75) is 64.1 Å². The molecule has 0 saturated carbocycles. The quantitative estimate of drug-likeness (QED) is 0.597. The maximum absolute atomic E-state index is 13.6. The van der Waals surface area contributed by atoms with E-state index in [1.54, 1.807) is 13.8 Å². The summed E-state index contributed by atoms with van der Waals surface area (Å²) in [5.41, 5.74) is -2.97. The lowest BCUT2D eigenvalue weighted by atomic mass is 9.85.